The Morgan fingerprint density at radius 3 is 2.47 bits per heavy atom. The number of aromatic nitrogens is 1. The lowest BCUT2D eigenvalue weighted by Crippen LogP contribution is -2.17. The van der Waals surface area contributed by atoms with Crippen molar-refractivity contribution in [2.75, 3.05) is 5.32 Å². The Morgan fingerprint density at radius 2 is 2.00 bits per heavy atom. The number of anilines is 1. The molecule has 1 aliphatic rings. The number of carbonyl (C=O) groups is 1. The Morgan fingerprint density at radius 1 is 1.42 bits per heavy atom. The molecule has 0 atom stereocenters. The standard InChI is InChI=1S/C13H19N3O2S/c1-7(16-18)8-6-19-11(14-8)15-10(17)9-12(2,3)13(9,4)5/h6,9,18H,1-5H3,(H,14,15,17). The van der Waals surface area contributed by atoms with E-state index in [1.54, 1.807) is 12.3 Å². The molecule has 1 amide bonds. The molecule has 0 aromatic carbocycles. The molecule has 0 unspecified atom stereocenters. The lowest BCUT2D eigenvalue weighted by molar-refractivity contribution is -0.118. The summed E-state index contributed by atoms with van der Waals surface area (Å²) in [4.78, 5) is 16.5. The van der Waals surface area contributed by atoms with Crippen molar-refractivity contribution in [3.8, 4) is 0 Å². The van der Waals surface area contributed by atoms with Crippen molar-refractivity contribution < 1.29 is 10.0 Å². The highest BCUT2D eigenvalue weighted by atomic mass is 32.1. The van der Waals surface area contributed by atoms with Crippen molar-refractivity contribution in [1.29, 1.82) is 0 Å². The van der Waals surface area contributed by atoms with Crippen molar-refractivity contribution in [3.63, 3.8) is 0 Å². The Hall–Kier alpha value is -1.43. The summed E-state index contributed by atoms with van der Waals surface area (Å²) in [7, 11) is 0. The zero-order valence-corrected chi connectivity index (χ0v) is 12.6. The van der Waals surface area contributed by atoms with Crippen LogP contribution in [0.2, 0.25) is 0 Å². The fourth-order valence-corrected chi connectivity index (χ4v) is 3.34. The van der Waals surface area contributed by atoms with Gasteiger partial charge in [-0.05, 0) is 17.8 Å². The number of thiazole rings is 1. The van der Waals surface area contributed by atoms with Crippen LogP contribution in [0.25, 0.3) is 0 Å². The number of amides is 1. The molecule has 2 rings (SSSR count). The van der Waals surface area contributed by atoms with Gasteiger partial charge in [0, 0.05) is 11.3 Å². The third-order valence-corrected chi connectivity index (χ3v) is 5.30. The van der Waals surface area contributed by atoms with E-state index in [4.69, 9.17) is 5.21 Å². The molecule has 5 nitrogen and oxygen atoms in total. The summed E-state index contributed by atoms with van der Waals surface area (Å²) in [6.07, 6.45) is 0. The van der Waals surface area contributed by atoms with Crippen LogP contribution in [0.15, 0.2) is 10.5 Å². The van der Waals surface area contributed by atoms with Crippen molar-refractivity contribution >= 4 is 28.1 Å². The van der Waals surface area contributed by atoms with E-state index in [0.717, 1.165) is 0 Å². The van der Waals surface area contributed by atoms with Crippen LogP contribution < -0.4 is 5.32 Å². The third kappa shape index (κ3) is 2.14. The second-order valence-corrected chi connectivity index (χ2v) is 6.95. The van der Waals surface area contributed by atoms with E-state index in [9.17, 15) is 4.79 Å². The van der Waals surface area contributed by atoms with Crippen molar-refractivity contribution in [1.82, 2.24) is 4.98 Å². The summed E-state index contributed by atoms with van der Waals surface area (Å²) in [6, 6.07) is 0. The van der Waals surface area contributed by atoms with E-state index >= 15 is 0 Å². The SMILES string of the molecule is CC(=NO)c1csc(NC(=O)C2C(C)(C)C2(C)C)n1. The minimum atomic E-state index is -0.0000409. The summed E-state index contributed by atoms with van der Waals surface area (Å²) in [5.41, 5.74) is 1.04. The summed E-state index contributed by atoms with van der Waals surface area (Å²) in [5, 5.41) is 16.9. The second-order valence-electron chi connectivity index (χ2n) is 6.09. The topological polar surface area (TPSA) is 74.6 Å². The van der Waals surface area contributed by atoms with Crippen molar-refractivity contribution in [2.24, 2.45) is 21.9 Å². The molecule has 1 saturated carbocycles. The van der Waals surface area contributed by atoms with Gasteiger partial charge >= 0.3 is 0 Å². The van der Waals surface area contributed by atoms with Gasteiger partial charge < -0.3 is 10.5 Å². The van der Waals surface area contributed by atoms with Gasteiger partial charge in [0.05, 0.1) is 0 Å². The maximum atomic E-state index is 12.2. The van der Waals surface area contributed by atoms with Gasteiger partial charge in [-0.15, -0.1) is 11.3 Å². The van der Waals surface area contributed by atoms with Crippen LogP contribution in [0, 0.1) is 16.7 Å². The normalized spacial score (nSPS) is 21.2. The predicted octanol–water partition coefficient (Wildman–Crippen LogP) is 2.96. The number of hydrogen-bond donors (Lipinski definition) is 2. The zero-order chi connectivity index (χ0) is 14.4. The molecule has 1 aromatic heterocycles. The van der Waals surface area contributed by atoms with Gasteiger partial charge in [0.15, 0.2) is 5.13 Å². The van der Waals surface area contributed by atoms with E-state index in [-0.39, 0.29) is 22.7 Å². The van der Waals surface area contributed by atoms with Crippen LogP contribution in [0.4, 0.5) is 5.13 Å². The first-order chi connectivity index (χ1) is 8.71. The number of rotatable bonds is 3. The fraction of sp³-hybridized carbons (Fsp3) is 0.615. The van der Waals surface area contributed by atoms with Gasteiger partial charge in [-0.3, -0.25) is 4.79 Å². The summed E-state index contributed by atoms with van der Waals surface area (Å²) < 4.78 is 0. The van der Waals surface area contributed by atoms with Gasteiger partial charge in [0.25, 0.3) is 0 Å². The van der Waals surface area contributed by atoms with E-state index in [1.807, 2.05) is 0 Å². The Bertz CT molecular complexity index is 532. The average Bonchev–Trinajstić information content (AvgIpc) is 2.69. The predicted molar refractivity (Wildman–Crippen MR) is 75.8 cm³/mol. The number of oxime groups is 1. The van der Waals surface area contributed by atoms with Crippen LogP contribution >= 0.6 is 11.3 Å². The van der Waals surface area contributed by atoms with Crippen LogP contribution in [0.3, 0.4) is 0 Å². The first-order valence-corrected chi connectivity index (χ1v) is 7.05. The molecular formula is C13H19N3O2S. The zero-order valence-electron chi connectivity index (χ0n) is 11.8. The minimum Gasteiger partial charge on any atom is -0.411 e. The summed E-state index contributed by atoms with van der Waals surface area (Å²) >= 11 is 1.33. The van der Waals surface area contributed by atoms with Crippen LogP contribution in [0.1, 0.15) is 40.3 Å². The van der Waals surface area contributed by atoms with Gasteiger partial charge in [-0.25, -0.2) is 4.98 Å². The highest BCUT2D eigenvalue weighted by Gasteiger charge is 2.68. The molecule has 0 bridgehead atoms. The second kappa shape index (κ2) is 4.30. The van der Waals surface area contributed by atoms with E-state index in [0.29, 0.717) is 16.5 Å². The highest BCUT2D eigenvalue weighted by Crippen LogP contribution is 2.68. The lowest BCUT2D eigenvalue weighted by atomic mass is 10.0. The number of nitrogens with zero attached hydrogens (tertiary/aromatic N) is 2. The lowest BCUT2D eigenvalue weighted by Gasteiger charge is -2.03. The first-order valence-electron chi connectivity index (χ1n) is 6.17. The molecule has 0 saturated heterocycles. The number of hydrogen-bond acceptors (Lipinski definition) is 5. The van der Waals surface area contributed by atoms with Gasteiger partial charge in [0.1, 0.15) is 11.4 Å². The largest absolute Gasteiger partial charge is 0.411 e. The third-order valence-electron chi connectivity index (χ3n) is 4.54. The average molecular weight is 281 g/mol. The van der Waals surface area contributed by atoms with E-state index in [1.165, 1.54) is 11.3 Å². The Kier molecular flexibility index (Phi) is 3.16. The molecule has 1 fully saturated rings. The molecule has 19 heavy (non-hydrogen) atoms. The molecule has 0 aliphatic heterocycles. The Balaban J connectivity index is 2.07. The molecule has 1 aromatic rings. The first kappa shape index (κ1) is 14.0. The van der Waals surface area contributed by atoms with Gasteiger partial charge in [0.2, 0.25) is 5.91 Å². The smallest absolute Gasteiger partial charge is 0.230 e. The fourth-order valence-electron chi connectivity index (χ4n) is 2.58. The molecule has 104 valence electrons. The summed E-state index contributed by atoms with van der Waals surface area (Å²) in [6.45, 7) is 10.1. The Labute approximate surface area is 116 Å². The van der Waals surface area contributed by atoms with Gasteiger partial charge in [-0.1, -0.05) is 32.9 Å². The molecule has 6 heteroatoms. The van der Waals surface area contributed by atoms with Crippen LogP contribution in [-0.4, -0.2) is 21.8 Å². The number of nitrogens with one attached hydrogen (secondary N) is 1. The van der Waals surface area contributed by atoms with Crippen LogP contribution in [-0.2, 0) is 4.79 Å². The maximum absolute atomic E-state index is 12.2. The highest BCUT2D eigenvalue weighted by molar-refractivity contribution is 7.14. The van der Waals surface area contributed by atoms with Crippen molar-refractivity contribution in [2.45, 2.75) is 34.6 Å². The van der Waals surface area contributed by atoms with Crippen molar-refractivity contribution in [3.05, 3.63) is 11.1 Å². The quantitative estimate of drug-likeness (QED) is 0.508. The van der Waals surface area contributed by atoms with Crippen LogP contribution in [0.5, 0.6) is 0 Å². The van der Waals surface area contributed by atoms with E-state index < -0.39 is 0 Å². The molecule has 0 radical (unpaired) electrons. The van der Waals surface area contributed by atoms with Gasteiger partial charge in [-0.2, -0.15) is 0 Å². The molecule has 1 heterocycles. The molecule has 1 aliphatic carbocycles. The molecule has 0 spiro atoms. The molecule has 2 N–H and O–H groups in total. The van der Waals surface area contributed by atoms with E-state index in [2.05, 4.69) is 43.2 Å². The summed E-state index contributed by atoms with van der Waals surface area (Å²) in [5.74, 6) is 0.00875. The minimum absolute atomic E-state index is 0.0000409. The number of carbonyl (C=O) groups excluding carboxylic acids is 1. The maximum Gasteiger partial charge on any atom is 0.230 e. The molecular weight excluding hydrogens is 262 g/mol. The monoisotopic (exact) mass is 281 g/mol.